The molecule has 1 fully saturated rings. The van der Waals surface area contributed by atoms with Crippen LogP contribution in [0.25, 0.3) is 0 Å². The summed E-state index contributed by atoms with van der Waals surface area (Å²) in [4.78, 5) is 3.48. The van der Waals surface area contributed by atoms with E-state index in [4.69, 9.17) is 4.74 Å². The van der Waals surface area contributed by atoms with Crippen molar-refractivity contribution in [2.24, 2.45) is 0 Å². The zero-order chi connectivity index (χ0) is 15.4. The van der Waals surface area contributed by atoms with Crippen LogP contribution in [0.15, 0.2) is 42.7 Å². The van der Waals surface area contributed by atoms with Crippen LogP contribution in [0, 0.1) is 11.6 Å². The molecule has 0 spiro atoms. The van der Waals surface area contributed by atoms with Crippen molar-refractivity contribution >= 4 is 5.69 Å². The van der Waals surface area contributed by atoms with E-state index in [1.165, 1.54) is 0 Å². The number of nitrogens with zero attached hydrogens (tertiary/aromatic N) is 1. The molecule has 0 saturated carbocycles. The second-order valence-electron chi connectivity index (χ2n) is 5.47. The van der Waals surface area contributed by atoms with Gasteiger partial charge < -0.3 is 10.1 Å². The largest absolute Gasteiger partial charge is 0.380 e. The van der Waals surface area contributed by atoms with E-state index < -0.39 is 11.6 Å². The second-order valence-corrected chi connectivity index (χ2v) is 5.47. The number of nitrogens with one attached hydrogen (secondary N) is 1. The number of hydrogen-bond donors (Lipinski definition) is 1. The van der Waals surface area contributed by atoms with Gasteiger partial charge in [0.1, 0.15) is 5.69 Å². The van der Waals surface area contributed by atoms with Gasteiger partial charge in [0.15, 0.2) is 11.6 Å². The summed E-state index contributed by atoms with van der Waals surface area (Å²) in [6.07, 6.45) is 4.57. The number of benzene rings is 1. The third-order valence-corrected chi connectivity index (χ3v) is 4.09. The minimum Gasteiger partial charge on any atom is -0.380 e. The smallest absolute Gasteiger partial charge is 0.167 e. The van der Waals surface area contributed by atoms with Crippen LogP contribution in [0.5, 0.6) is 0 Å². The molecule has 1 N–H and O–H groups in total. The molecule has 1 atom stereocenters. The molecule has 1 aromatic heterocycles. The van der Waals surface area contributed by atoms with E-state index in [0.717, 1.165) is 30.8 Å². The molecular formula is C17H18F2N2O. The number of aromatic nitrogens is 1. The van der Waals surface area contributed by atoms with E-state index >= 15 is 0 Å². The SMILES string of the molecule is Fc1cncc(F)c1NCCC1(c2ccccc2)CCCO1. The van der Waals surface area contributed by atoms with Crippen molar-refractivity contribution in [2.75, 3.05) is 18.5 Å². The number of hydrogen-bond acceptors (Lipinski definition) is 3. The molecule has 0 amide bonds. The molecule has 2 aromatic rings. The highest BCUT2D eigenvalue weighted by atomic mass is 19.1. The van der Waals surface area contributed by atoms with Crippen LogP contribution >= 0.6 is 0 Å². The lowest BCUT2D eigenvalue weighted by molar-refractivity contribution is -0.00429. The van der Waals surface area contributed by atoms with Crippen molar-refractivity contribution in [1.82, 2.24) is 4.98 Å². The van der Waals surface area contributed by atoms with E-state index in [0.29, 0.717) is 19.6 Å². The number of rotatable bonds is 5. The summed E-state index contributed by atoms with van der Waals surface area (Å²) in [6, 6.07) is 10.0. The van der Waals surface area contributed by atoms with Crippen LogP contribution in [0.1, 0.15) is 24.8 Å². The predicted molar refractivity (Wildman–Crippen MR) is 80.6 cm³/mol. The van der Waals surface area contributed by atoms with Gasteiger partial charge in [-0.15, -0.1) is 0 Å². The molecule has 22 heavy (non-hydrogen) atoms. The Hall–Kier alpha value is -2.01. The molecule has 1 saturated heterocycles. The number of ether oxygens (including phenoxy) is 1. The minimum absolute atomic E-state index is 0.129. The average Bonchev–Trinajstić information content (AvgIpc) is 3.01. The molecule has 1 aromatic carbocycles. The Morgan fingerprint density at radius 1 is 1.14 bits per heavy atom. The molecule has 3 nitrogen and oxygen atoms in total. The maximum Gasteiger partial charge on any atom is 0.167 e. The third kappa shape index (κ3) is 2.95. The number of halogens is 2. The first-order valence-corrected chi connectivity index (χ1v) is 7.44. The second kappa shape index (κ2) is 6.40. The molecule has 116 valence electrons. The van der Waals surface area contributed by atoms with E-state index in [2.05, 4.69) is 10.3 Å². The van der Waals surface area contributed by atoms with Crippen molar-refractivity contribution in [2.45, 2.75) is 24.9 Å². The molecule has 3 rings (SSSR count). The number of pyridine rings is 1. The van der Waals surface area contributed by atoms with Gasteiger partial charge in [0.25, 0.3) is 0 Å². The van der Waals surface area contributed by atoms with E-state index in [9.17, 15) is 8.78 Å². The monoisotopic (exact) mass is 304 g/mol. The van der Waals surface area contributed by atoms with Crippen molar-refractivity contribution < 1.29 is 13.5 Å². The van der Waals surface area contributed by atoms with Gasteiger partial charge in [0, 0.05) is 13.2 Å². The minimum atomic E-state index is -0.680. The summed E-state index contributed by atoms with van der Waals surface area (Å²) < 4.78 is 33.1. The maximum atomic E-state index is 13.6. The average molecular weight is 304 g/mol. The van der Waals surface area contributed by atoms with Crippen LogP contribution in [-0.2, 0) is 10.3 Å². The van der Waals surface area contributed by atoms with Crippen LogP contribution in [0.2, 0.25) is 0 Å². The maximum absolute atomic E-state index is 13.6. The van der Waals surface area contributed by atoms with Crippen LogP contribution in [0.4, 0.5) is 14.5 Å². The van der Waals surface area contributed by atoms with Gasteiger partial charge in [0.2, 0.25) is 0 Å². The van der Waals surface area contributed by atoms with Crippen LogP contribution < -0.4 is 5.32 Å². The Kier molecular flexibility index (Phi) is 4.34. The Bertz CT molecular complexity index is 608. The van der Waals surface area contributed by atoms with Gasteiger partial charge in [-0.3, -0.25) is 4.98 Å². The van der Waals surface area contributed by atoms with Gasteiger partial charge in [-0.1, -0.05) is 30.3 Å². The first-order valence-electron chi connectivity index (χ1n) is 7.44. The summed E-state index contributed by atoms with van der Waals surface area (Å²) in [6.45, 7) is 1.14. The normalized spacial score (nSPS) is 21.0. The predicted octanol–water partition coefficient (Wildman–Crippen LogP) is 3.87. The first kappa shape index (κ1) is 14.9. The molecule has 1 unspecified atom stereocenters. The lowest BCUT2D eigenvalue weighted by Crippen LogP contribution is -2.28. The fraction of sp³-hybridized carbons (Fsp3) is 0.353. The van der Waals surface area contributed by atoms with Crippen LogP contribution in [-0.4, -0.2) is 18.1 Å². The molecule has 0 bridgehead atoms. The molecule has 1 aliphatic rings. The Balaban J connectivity index is 1.71. The van der Waals surface area contributed by atoms with Gasteiger partial charge in [-0.2, -0.15) is 0 Å². The summed E-state index contributed by atoms with van der Waals surface area (Å²) >= 11 is 0. The standard InChI is InChI=1S/C17H18F2N2O/c18-14-11-20-12-15(19)16(14)21-9-8-17(7-4-10-22-17)13-5-2-1-3-6-13/h1-3,5-6,11-12H,4,7-10H2,(H,20,21). The zero-order valence-electron chi connectivity index (χ0n) is 12.2. The van der Waals surface area contributed by atoms with E-state index in [1.54, 1.807) is 0 Å². The van der Waals surface area contributed by atoms with Crippen molar-refractivity contribution in [3.8, 4) is 0 Å². The highest BCUT2D eigenvalue weighted by Crippen LogP contribution is 2.39. The van der Waals surface area contributed by atoms with Gasteiger partial charge in [-0.05, 0) is 24.8 Å². The van der Waals surface area contributed by atoms with Gasteiger partial charge >= 0.3 is 0 Å². The third-order valence-electron chi connectivity index (χ3n) is 4.09. The summed E-state index contributed by atoms with van der Waals surface area (Å²) in [5.41, 5.74) is 0.620. The van der Waals surface area contributed by atoms with Crippen molar-refractivity contribution in [3.05, 3.63) is 59.9 Å². The Labute approximate surface area is 128 Å². The zero-order valence-corrected chi connectivity index (χ0v) is 12.2. The fourth-order valence-corrected chi connectivity index (χ4v) is 2.98. The van der Waals surface area contributed by atoms with Crippen LogP contribution in [0.3, 0.4) is 0 Å². The van der Waals surface area contributed by atoms with E-state index in [1.807, 2.05) is 30.3 Å². The summed E-state index contributed by atoms with van der Waals surface area (Å²) in [5.74, 6) is -1.36. The lowest BCUT2D eigenvalue weighted by Gasteiger charge is -2.29. The Morgan fingerprint density at radius 3 is 2.50 bits per heavy atom. The molecular weight excluding hydrogens is 286 g/mol. The topological polar surface area (TPSA) is 34.2 Å². The number of anilines is 1. The summed E-state index contributed by atoms with van der Waals surface area (Å²) in [5, 5.41) is 2.83. The molecule has 0 radical (unpaired) electrons. The molecule has 1 aliphatic heterocycles. The van der Waals surface area contributed by atoms with Crippen molar-refractivity contribution in [1.29, 1.82) is 0 Å². The first-order chi connectivity index (χ1) is 10.7. The molecule has 0 aliphatic carbocycles. The highest BCUT2D eigenvalue weighted by Gasteiger charge is 2.36. The highest BCUT2D eigenvalue weighted by molar-refractivity contribution is 5.44. The van der Waals surface area contributed by atoms with E-state index in [-0.39, 0.29) is 11.3 Å². The Morgan fingerprint density at radius 2 is 1.86 bits per heavy atom. The van der Waals surface area contributed by atoms with Crippen molar-refractivity contribution in [3.63, 3.8) is 0 Å². The van der Waals surface area contributed by atoms with Gasteiger partial charge in [0.05, 0.1) is 18.0 Å². The lowest BCUT2D eigenvalue weighted by atomic mass is 9.87. The molecule has 5 heteroatoms. The summed E-state index contributed by atoms with van der Waals surface area (Å²) in [7, 11) is 0. The quantitative estimate of drug-likeness (QED) is 0.910. The fourth-order valence-electron chi connectivity index (χ4n) is 2.98. The van der Waals surface area contributed by atoms with Gasteiger partial charge in [-0.25, -0.2) is 8.78 Å². The molecule has 2 heterocycles.